The molecular weight excluding hydrogens is 408 g/mol. The Bertz CT molecular complexity index is 1390. The summed E-state index contributed by atoms with van der Waals surface area (Å²) >= 11 is 0. The number of aromatic nitrogens is 3. The fourth-order valence-electron chi connectivity index (χ4n) is 3.59. The van der Waals surface area contributed by atoms with Crippen LogP contribution in [0.25, 0.3) is 21.9 Å². The van der Waals surface area contributed by atoms with Crippen molar-refractivity contribution >= 4 is 39.2 Å². The molecule has 1 fully saturated rings. The van der Waals surface area contributed by atoms with Crippen LogP contribution in [0.1, 0.15) is 16.3 Å². The molecule has 3 heterocycles. The third kappa shape index (κ3) is 3.69. The van der Waals surface area contributed by atoms with Crippen LogP contribution in [-0.2, 0) is 4.74 Å². The van der Waals surface area contributed by atoms with Gasteiger partial charge in [-0.15, -0.1) is 0 Å². The van der Waals surface area contributed by atoms with Crippen LogP contribution < -0.4 is 16.2 Å². The Morgan fingerprint density at radius 1 is 1.19 bits per heavy atom. The predicted octanol–water partition coefficient (Wildman–Crippen LogP) is 2.84. The summed E-state index contributed by atoms with van der Waals surface area (Å²) in [7, 11) is 0. The van der Waals surface area contributed by atoms with Gasteiger partial charge in [0.05, 0.1) is 41.2 Å². The van der Waals surface area contributed by atoms with Crippen molar-refractivity contribution in [2.24, 2.45) is 16.5 Å². The van der Waals surface area contributed by atoms with E-state index in [9.17, 15) is 4.79 Å². The number of carbonyl (C=O) groups is 1. The average Bonchev–Trinajstić information content (AvgIpc) is 3.32. The summed E-state index contributed by atoms with van der Waals surface area (Å²) in [5, 5.41) is 0.873. The zero-order valence-corrected chi connectivity index (χ0v) is 17.4. The Kier molecular flexibility index (Phi) is 4.87. The second kappa shape index (κ2) is 7.86. The number of nitrogens with two attached hydrogens (primary N) is 2. The Hall–Kier alpha value is -4.11. The number of nitrogens with zero attached hydrogens (tertiary/aromatic N) is 2. The van der Waals surface area contributed by atoms with Gasteiger partial charge in [-0.3, -0.25) is 4.79 Å². The number of imidazole rings is 1. The zero-order chi connectivity index (χ0) is 22.2. The molecule has 1 aliphatic heterocycles. The summed E-state index contributed by atoms with van der Waals surface area (Å²) in [6.07, 6.45) is 1.24. The van der Waals surface area contributed by atoms with Crippen LogP contribution in [0.4, 0.5) is 5.69 Å². The highest BCUT2D eigenvalue weighted by molar-refractivity contribution is 6.27. The number of aromatic amines is 2. The van der Waals surface area contributed by atoms with Crippen LogP contribution in [0.3, 0.4) is 0 Å². The van der Waals surface area contributed by atoms with Crippen molar-refractivity contribution in [2.45, 2.75) is 13.0 Å². The van der Waals surface area contributed by atoms with E-state index in [0.717, 1.165) is 27.8 Å². The van der Waals surface area contributed by atoms with Crippen LogP contribution >= 0.6 is 0 Å². The molecule has 0 bridgehead atoms. The molecular formula is C23H22N6O3. The number of carbonyl (C=O) groups excluding carboxylic acids is 1. The first-order chi connectivity index (χ1) is 15.5. The molecule has 9 heteroatoms. The van der Waals surface area contributed by atoms with Gasteiger partial charge >= 0.3 is 0 Å². The van der Waals surface area contributed by atoms with Crippen molar-refractivity contribution in [3.8, 4) is 5.75 Å². The van der Waals surface area contributed by atoms with Gasteiger partial charge in [0, 0.05) is 23.2 Å². The number of Topliss-reactive ketones (excluding diaryl/α,β-unsaturated/α-hetero) is 1. The maximum Gasteiger partial charge on any atom is 0.214 e. The van der Waals surface area contributed by atoms with Gasteiger partial charge in [-0.05, 0) is 43.3 Å². The highest BCUT2D eigenvalue weighted by Gasteiger charge is 2.21. The number of ketones is 1. The van der Waals surface area contributed by atoms with E-state index in [1.807, 2.05) is 37.3 Å². The van der Waals surface area contributed by atoms with E-state index in [2.05, 4.69) is 19.9 Å². The van der Waals surface area contributed by atoms with Crippen molar-refractivity contribution in [1.82, 2.24) is 15.0 Å². The summed E-state index contributed by atoms with van der Waals surface area (Å²) in [6.45, 7) is 3.05. The topological polar surface area (TPSA) is 144 Å². The summed E-state index contributed by atoms with van der Waals surface area (Å²) in [5.41, 5.74) is 15.4. The molecule has 0 aliphatic carbocycles. The lowest BCUT2D eigenvalue weighted by Gasteiger charge is -2.26. The van der Waals surface area contributed by atoms with Crippen molar-refractivity contribution in [3.05, 3.63) is 65.8 Å². The SMILES string of the molecule is Cc1nc2ccc(N=C(N)C(=CN)C(=O)c3cc4ccc(OC5COC5)cc4[nH]3)cc2[nH]1. The minimum absolute atomic E-state index is 0.0285. The Morgan fingerprint density at radius 3 is 2.78 bits per heavy atom. The Labute approximate surface area is 183 Å². The lowest BCUT2D eigenvalue weighted by molar-refractivity contribution is -0.0796. The van der Waals surface area contributed by atoms with Gasteiger partial charge in [0.2, 0.25) is 5.78 Å². The van der Waals surface area contributed by atoms with E-state index in [4.69, 9.17) is 20.9 Å². The van der Waals surface area contributed by atoms with Gasteiger partial charge < -0.3 is 30.9 Å². The van der Waals surface area contributed by atoms with Crippen molar-refractivity contribution < 1.29 is 14.3 Å². The molecule has 4 aromatic rings. The molecule has 0 unspecified atom stereocenters. The highest BCUT2D eigenvalue weighted by Crippen LogP contribution is 2.25. The average molecular weight is 430 g/mol. The maximum atomic E-state index is 13.1. The molecule has 162 valence electrons. The van der Waals surface area contributed by atoms with Crippen LogP contribution in [0.15, 0.2) is 59.2 Å². The number of aryl methyl sites for hydroxylation is 1. The van der Waals surface area contributed by atoms with Gasteiger partial charge in [-0.1, -0.05) is 0 Å². The van der Waals surface area contributed by atoms with E-state index >= 15 is 0 Å². The quantitative estimate of drug-likeness (QED) is 0.160. The number of hydrogen-bond donors (Lipinski definition) is 4. The molecule has 1 aliphatic rings. The van der Waals surface area contributed by atoms with Crippen molar-refractivity contribution in [1.29, 1.82) is 0 Å². The minimum Gasteiger partial charge on any atom is -0.486 e. The number of H-pyrrole nitrogens is 2. The fourth-order valence-corrected chi connectivity index (χ4v) is 3.59. The van der Waals surface area contributed by atoms with E-state index in [1.165, 1.54) is 6.20 Å². The molecule has 1 saturated heterocycles. The second-order valence-corrected chi connectivity index (χ2v) is 7.64. The predicted molar refractivity (Wildman–Crippen MR) is 122 cm³/mol. The molecule has 0 radical (unpaired) electrons. The molecule has 9 nitrogen and oxygen atoms in total. The number of rotatable bonds is 6. The summed E-state index contributed by atoms with van der Waals surface area (Å²) in [4.78, 5) is 28.1. The van der Waals surface area contributed by atoms with Crippen molar-refractivity contribution in [2.75, 3.05) is 13.2 Å². The molecule has 2 aromatic heterocycles. The normalized spacial score (nSPS) is 15.3. The number of nitrogens with one attached hydrogen (secondary N) is 2. The van der Waals surface area contributed by atoms with E-state index in [-0.39, 0.29) is 23.3 Å². The highest BCUT2D eigenvalue weighted by atomic mass is 16.6. The molecule has 0 spiro atoms. The molecule has 6 N–H and O–H groups in total. The van der Waals surface area contributed by atoms with Gasteiger partial charge in [0.25, 0.3) is 0 Å². The Balaban J connectivity index is 1.40. The van der Waals surface area contributed by atoms with Gasteiger partial charge in [-0.2, -0.15) is 0 Å². The number of fused-ring (bicyclic) bond motifs is 2. The summed E-state index contributed by atoms with van der Waals surface area (Å²) in [5.74, 6) is 1.20. The van der Waals surface area contributed by atoms with E-state index < -0.39 is 0 Å². The first-order valence-corrected chi connectivity index (χ1v) is 10.1. The maximum absolute atomic E-state index is 13.1. The number of aliphatic imine (C=N–C) groups is 1. The van der Waals surface area contributed by atoms with Gasteiger partial charge in [0.15, 0.2) is 0 Å². The molecule has 5 rings (SSSR count). The smallest absolute Gasteiger partial charge is 0.214 e. The molecule has 0 atom stereocenters. The molecule has 0 saturated carbocycles. The number of ether oxygens (including phenoxy) is 2. The summed E-state index contributed by atoms with van der Waals surface area (Å²) < 4.78 is 11.0. The van der Waals surface area contributed by atoms with Crippen LogP contribution in [0.5, 0.6) is 5.75 Å². The molecule has 2 aromatic carbocycles. The standard InChI is InChI=1S/C23H22N6O3/c1-12-26-18-5-3-14(7-20(18)27-12)28-23(25)17(9-24)22(30)21-6-13-2-4-15(8-19(13)29-21)32-16-10-31-11-16/h2-9,16,29H,10-11,24H2,1H3,(H2,25,28)(H,26,27). The molecule has 32 heavy (non-hydrogen) atoms. The van der Waals surface area contributed by atoms with Crippen molar-refractivity contribution in [3.63, 3.8) is 0 Å². The van der Waals surface area contributed by atoms with Gasteiger partial charge in [-0.25, -0.2) is 9.98 Å². The minimum atomic E-state index is -0.349. The Morgan fingerprint density at radius 2 is 2.03 bits per heavy atom. The first-order valence-electron chi connectivity index (χ1n) is 10.1. The number of benzene rings is 2. The molecule has 0 amide bonds. The van der Waals surface area contributed by atoms with Crippen LogP contribution in [0, 0.1) is 6.92 Å². The number of hydrogen-bond acceptors (Lipinski definition) is 6. The van der Waals surface area contributed by atoms with E-state index in [1.54, 1.807) is 12.1 Å². The monoisotopic (exact) mass is 430 g/mol. The van der Waals surface area contributed by atoms with E-state index in [0.29, 0.717) is 30.3 Å². The third-order valence-corrected chi connectivity index (χ3v) is 5.27. The summed E-state index contributed by atoms with van der Waals surface area (Å²) in [6, 6.07) is 12.8. The lowest BCUT2D eigenvalue weighted by Crippen LogP contribution is -2.38. The largest absolute Gasteiger partial charge is 0.486 e. The first kappa shape index (κ1) is 19.8. The second-order valence-electron chi connectivity index (χ2n) is 7.64. The van der Waals surface area contributed by atoms with Crippen LogP contribution in [0.2, 0.25) is 0 Å². The third-order valence-electron chi connectivity index (χ3n) is 5.27. The van der Waals surface area contributed by atoms with Crippen LogP contribution in [-0.4, -0.2) is 45.9 Å². The lowest BCUT2D eigenvalue weighted by atomic mass is 10.1. The van der Waals surface area contributed by atoms with Gasteiger partial charge in [0.1, 0.15) is 23.5 Å². The zero-order valence-electron chi connectivity index (χ0n) is 17.4. The fraction of sp³-hybridized carbons (Fsp3) is 0.174. The number of amidine groups is 1.